The first-order chi connectivity index (χ1) is 10.1. The predicted molar refractivity (Wildman–Crippen MR) is 82.7 cm³/mol. The molecule has 0 saturated heterocycles. The Morgan fingerprint density at radius 1 is 1.38 bits per heavy atom. The number of hydrogen-bond acceptors (Lipinski definition) is 4. The van der Waals surface area contributed by atoms with Gasteiger partial charge in [-0.15, -0.1) is 0 Å². The largest absolute Gasteiger partial charge is 0.385 e. The van der Waals surface area contributed by atoms with Gasteiger partial charge in [-0.25, -0.2) is 0 Å². The normalized spacial score (nSPS) is 10.9. The molecule has 21 heavy (non-hydrogen) atoms. The Balaban J connectivity index is 2.68. The molecule has 1 aromatic carbocycles. The topological polar surface area (TPSA) is 74.1 Å². The zero-order valence-corrected chi connectivity index (χ0v) is 12.7. The van der Waals surface area contributed by atoms with Crippen LogP contribution in [-0.4, -0.2) is 26.2 Å². The lowest BCUT2D eigenvalue weighted by atomic mass is 10.1. The molecule has 0 bridgehead atoms. The molecule has 0 unspecified atom stereocenters. The highest BCUT2D eigenvalue weighted by Crippen LogP contribution is 2.19. The number of nitriles is 1. The standard InChI is InChI=1S/C16H21N3O2/c1-12-6-4-7-13(2)15(12)19-11-14(10-17)16(20)18-8-5-9-21-3/h4,6-7,11,19H,5,8-9H2,1-3H3,(H,18,20)/b14-11-. The van der Waals surface area contributed by atoms with Crippen molar-refractivity contribution >= 4 is 11.6 Å². The Morgan fingerprint density at radius 3 is 2.62 bits per heavy atom. The Kier molecular flexibility index (Phi) is 6.99. The van der Waals surface area contributed by atoms with E-state index < -0.39 is 0 Å². The van der Waals surface area contributed by atoms with Crippen molar-refractivity contribution in [3.05, 3.63) is 41.1 Å². The van der Waals surface area contributed by atoms with Gasteiger partial charge >= 0.3 is 0 Å². The number of nitrogens with zero attached hydrogens (tertiary/aromatic N) is 1. The number of carbonyl (C=O) groups excluding carboxylic acids is 1. The summed E-state index contributed by atoms with van der Waals surface area (Å²) in [7, 11) is 1.61. The molecule has 0 atom stereocenters. The number of methoxy groups -OCH3 is 1. The molecule has 0 heterocycles. The maximum atomic E-state index is 11.8. The molecule has 0 spiro atoms. The van der Waals surface area contributed by atoms with Crippen molar-refractivity contribution in [1.82, 2.24) is 5.32 Å². The summed E-state index contributed by atoms with van der Waals surface area (Å²) in [4.78, 5) is 11.8. The quantitative estimate of drug-likeness (QED) is 0.458. The third-order valence-electron chi connectivity index (χ3n) is 3.02. The van der Waals surface area contributed by atoms with Gasteiger partial charge in [0, 0.05) is 32.1 Å². The molecule has 1 amide bonds. The first kappa shape index (κ1) is 16.7. The van der Waals surface area contributed by atoms with Crippen LogP contribution in [0.1, 0.15) is 17.5 Å². The summed E-state index contributed by atoms with van der Waals surface area (Å²) in [5.74, 6) is -0.382. The van der Waals surface area contributed by atoms with Crippen molar-refractivity contribution in [1.29, 1.82) is 5.26 Å². The number of rotatable bonds is 7. The molecule has 0 aliphatic carbocycles. The third-order valence-corrected chi connectivity index (χ3v) is 3.02. The molecule has 2 N–H and O–H groups in total. The second kappa shape index (κ2) is 8.77. The van der Waals surface area contributed by atoms with Crippen LogP contribution < -0.4 is 10.6 Å². The molecule has 5 heteroatoms. The van der Waals surface area contributed by atoms with E-state index in [0.717, 1.165) is 16.8 Å². The van der Waals surface area contributed by atoms with Gasteiger partial charge in [0.2, 0.25) is 0 Å². The Hall–Kier alpha value is -2.32. The third kappa shape index (κ3) is 5.28. The van der Waals surface area contributed by atoms with Crippen molar-refractivity contribution in [3.63, 3.8) is 0 Å². The lowest BCUT2D eigenvalue weighted by molar-refractivity contribution is -0.117. The number of anilines is 1. The van der Waals surface area contributed by atoms with Gasteiger partial charge < -0.3 is 15.4 Å². The van der Waals surface area contributed by atoms with E-state index in [-0.39, 0.29) is 11.5 Å². The van der Waals surface area contributed by atoms with Gasteiger partial charge in [0.25, 0.3) is 5.91 Å². The highest BCUT2D eigenvalue weighted by molar-refractivity contribution is 5.97. The number of carbonyl (C=O) groups is 1. The summed E-state index contributed by atoms with van der Waals surface area (Å²) in [6.07, 6.45) is 2.16. The maximum Gasteiger partial charge on any atom is 0.263 e. The van der Waals surface area contributed by atoms with E-state index in [0.29, 0.717) is 19.6 Å². The second-order valence-electron chi connectivity index (χ2n) is 4.68. The van der Waals surface area contributed by atoms with Gasteiger partial charge in [0.15, 0.2) is 0 Å². The summed E-state index contributed by atoms with van der Waals surface area (Å²) in [6, 6.07) is 7.82. The van der Waals surface area contributed by atoms with Crippen LogP contribution >= 0.6 is 0 Å². The molecule has 0 radical (unpaired) electrons. The Bertz CT molecular complexity index is 539. The minimum atomic E-state index is -0.382. The average molecular weight is 287 g/mol. The molecule has 0 aliphatic rings. The Labute approximate surface area is 125 Å². The fourth-order valence-corrected chi connectivity index (χ4v) is 1.85. The summed E-state index contributed by atoms with van der Waals surface area (Å²) >= 11 is 0. The van der Waals surface area contributed by atoms with Gasteiger partial charge in [-0.3, -0.25) is 4.79 Å². The molecule has 5 nitrogen and oxygen atoms in total. The molecule has 1 rings (SSSR count). The van der Waals surface area contributed by atoms with Crippen molar-refractivity contribution in [3.8, 4) is 6.07 Å². The smallest absolute Gasteiger partial charge is 0.263 e. The van der Waals surface area contributed by atoms with E-state index >= 15 is 0 Å². The van der Waals surface area contributed by atoms with Gasteiger partial charge in [-0.05, 0) is 31.4 Å². The van der Waals surface area contributed by atoms with E-state index in [9.17, 15) is 4.79 Å². The average Bonchev–Trinajstić information content (AvgIpc) is 2.47. The van der Waals surface area contributed by atoms with E-state index in [1.807, 2.05) is 38.1 Å². The molecule has 0 saturated carbocycles. The highest BCUT2D eigenvalue weighted by atomic mass is 16.5. The minimum absolute atomic E-state index is 0.0510. The lowest BCUT2D eigenvalue weighted by Gasteiger charge is -2.09. The summed E-state index contributed by atoms with van der Waals surface area (Å²) < 4.78 is 4.90. The van der Waals surface area contributed by atoms with Gasteiger partial charge in [-0.2, -0.15) is 5.26 Å². The fourth-order valence-electron chi connectivity index (χ4n) is 1.85. The Morgan fingerprint density at radius 2 is 2.05 bits per heavy atom. The van der Waals surface area contributed by atoms with E-state index in [1.165, 1.54) is 6.20 Å². The first-order valence-corrected chi connectivity index (χ1v) is 6.80. The van der Waals surface area contributed by atoms with Crippen LogP contribution in [0.4, 0.5) is 5.69 Å². The van der Waals surface area contributed by atoms with Crippen LogP contribution in [0.3, 0.4) is 0 Å². The molecular formula is C16H21N3O2. The van der Waals surface area contributed by atoms with Crippen molar-refractivity contribution < 1.29 is 9.53 Å². The van der Waals surface area contributed by atoms with E-state index in [4.69, 9.17) is 10.00 Å². The molecule has 0 aromatic heterocycles. The lowest BCUT2D eigenvalue weighted by Crippen LogP contribution is -2.26. The first-order valence-electron chi connectivity index (χ1n) is 6.80. The van der Waals surface area contributed by atoms with Crippen LogP contribution in [-0.2, 0) is 9.53 Å². The zero-order chi connectivity index (χ0) is 15.7. The van der Waals surface area contributed by atoms with Crippen LogP contribution in [0, 0.1) is 25.2 Å². The predicted octanol–water partition coefficient (Wildman–Crippen LogP) is 2.28. The number of para-hydroxylation sites is 1. The summed E-state index contributed by atoms with van der Waals surface area (Å²) in [5, 5.41) is 14.8. The maximum absolute atomic E-state index is 11.8. The minimum Gasteiger partial charge on any atom is -0.385 e. The fraction of sp³-hybridized carbons (Fsp3) is 0.375. The van der Waals surface area contributed by atoms with Gasteiger partial charge in [-0.1, -0.05) is 18.2 Å². The SMILES string of the molecule is COCCCNC(=O)/C(C#N)=C\Nc1c(C)cccc1C. The molecule has 0 aliphatic heterocycles. The van der Waals surface area contributed by atoms with Gasteiger partial charge in [0.1, 0.15) is 11.6 Å². The van der Waals surface area contributed by atoms with E-state index in [2.05, 4.69) is 10.6 Å². The molecule has 1 aromatic rings. The molecular weight excluding hydrogens is 266 g/mol. The van der Waals surface area contributed by atoms with E-state index in [1.54, 1.807) is 7.11 Å². The summed E-state index contributed by atoms with van der Waals surface area (Å²) in [5.41, 5.74) is 3.08. The van der Waals surface area contributed by atoms with Crippen molar-refractivity contribution in [2.75, 3.05) is 25.6 Å². The molecule has 112 valence electrons. The number of ether oxygens (including phenoxy) is 1. The number of amides is 1. The van der Waals surface area contributed by atoms with Crippen LogP contribution in [0.25, 0.3) is 0 Å². The highest BCUT2D eigenvalue weighted by Gasteiger charge is 2.08. The van der Waals surface area contributed by atoms with Crippen molar-refractivity contribution in [2.24, 2.45) is 0 Å². The second-order valence-corrected chi connectivity index (χ2v) is 4.68. The number of nitrogens with one attached hydrogen (secondary N) is 2. The number of hydrogen-bond donors (Lipinski definition) is 2. The zero-order valence-electron chi connectivity index (χ0n) is 12.7. The monoisotopic (exact) mass is 287 g/mol. The number of benzene rings is 1. The number of aryl methyl sites for hydroxylation is 2. The van der Waals surface area contributed by atoms with Crippen LogP contribution in [0.5, 0.6) is 0 Å². The summed E-state index contributed by atoms with van der Waals surface area (Å²) in [6.45, 7) is 5.00. The van der Waals surface area contributed by atoms with Crippen LogP contribution in [0.2, 0.25) is 0 Å². The molecule has 0 fully saturated rings. The van der Waals surface area contributed by atoms with Crippen LogP contribution in [0.15, 0.2) is 30.0 Å². The van der Waals surface area contributed by atoms with Gasteiger partial charge in [0.05, 0.1) is 0 Å². The van der Waals surface area contributed by atoms with Crippen molar-refractivity contribution in [2.45, 2.75) is 20.3 Å².